The summed E-state index contributed by atoms with van der Waals surface area (Å²) in [5.41, 5.74) is 8.61. The minimum Gasteiger partial charge on any atom is -0.478 e. The standard InChI is InChI=1S/C18H14ClF3N4O3/c19-15-9(2-1-3-14(15)25-8-27)6-13(16(28)29)10-4-11(18(20,21)22)7-12(5-10)26-17(23)24/h1-8H,(H,25,27)(H,28,29)(H4,23,24,26). The molecule has 6 N–H and O–H groups in total. The SMILES string of the molecule is NC(N)=Nc1cc(C(=Cc2cccc(NC=O)c2Cl)C(=O)O)cc(C(F)(F)F)c1. The van der Waals surface area contributed by atoms with Crippen LogP contribution < -0.4 is 16.8 Å². The Labute approximate surface area is 167 Å². The van der Waals surface area contributed by atoms with Gasteiger partial charge in [0, 0.05) is 0 Å². The predicted molar refractivity (Wildman–Crippen MR) is 104 cm³/mol. The Hall–Kier alpha value is -3.53. The van der Waals surface area contributed by atoms with Crippen molar-refractivity contribution in [2.24, 2.45) is 16.5 Å². The second kappa shape index (κ2) is 8.65. The molecule has 2 aromatic rings. The number of carboxylic acids is 1. The predicted octanol–water partition coefficient (Wildman–Crippen LogP) is 3.46. The maximum absolute atomic E-state index is 13.2. The lowest BCUT2D eigenvalue weighted by Gasteiger charge is -2.12. The summed E-state index contributed by atoms with van der Waals surface area (Å²) >= 11 is 6.13. The van der Waals surface area contributed by atoms with Crippen LogP contribution in [0, 0.1) is 0 Å². The number of aliphatic carboxylic acids is 1. The average Bonchev–Trinajstić information content (AvgIpc) is 2.60. The van der Waals surface area contributed by atoms with E-state index in [0.717, 1.165) is 12.1 Å². The Kier molecular flexibility index (Phi) is 6.49. The molecule has 0 aliphatic rings. The number of alkyl halides is 3. The van der Waals surface area contributed by atoms with Gasteiger partial charge in [-0.1, -0.05) is 23.7 Å². The van der Waals surface area contributed by atoms with E-state index in [1.807, 2.05) is 0 Å². The lowest BCUT2D eigenvalue weighted by molar-refractivity contribution is -0.137. The second-order valence-electron chi connectivity index (χ2n) is 5.64. The first-order chi connectivity index (χ1) is 13.5. The number of nitrogens with one attached hydrogen (secondary N) is 1. The van der Waals surface area contributed by atoms with E-state index in [0.29, 0.717) is 18.5 Å². The largest absolute Gasteiger partial charge is 0.478 e. The molecule has 152 valence electrons. The number of carboxylic acid groups (broad SMARTS) is 1. The van der Waals surface area contributed by atoms with Gasteiger partial charge in [0.25, 0.3) is 0 Å². The number of halogens is 4. The van der Waals surface area contributed by atoms with Crippen LogP contribution in [0.5, 0.6) is 0 Å². The van der Waals surface area contributed by atoms with Crippen molar-refractivity contribution < 1.29 is 27.9 Å². The molecule has 0 saturated heterocycles. The van der Waals surface area contributed by atoms with Gasteiger partial charge in [-0.2, -0.15) is 13.2 Å². The highest BCUT2D eigenvalue weighted by Gasteiger charge is 2.32. The number of nitrogens with two attached hydrogens (primary N) is 2. The second-order valence-corrected chi connectivity index (χ2v) is 6.02. The summed E-state index contributed by atoms with van der Waals surface area (Å²) in [4.78, 5) is 26.0. The number of anilines is 1. The van der Waals surface area contributed by atoms with E-state index in [1.54, 1.807) is 0 Å². The molecule has 0 aliphatic heterocycles. The topological polar surface area (TPSA) is 131 Å². The number of guanidine groups is 1. The molecule has 0 saturated carbocycles. The summed E-state index contributed by atoms with van der Waals surface area (Å²) < 4.78 is 39.7. The summed E-state index contributed by atoms with van der Waals surface area (Å²) in [6.45, 7) is 0. The Balaban J connectivity index is 2.72. The molecule has 29 heavy (non-hydrogen) atoms. The number of amides is 1. The van der Waals surface area contributed by atoms with Gasteiger partial charge in [0.15, 0.2) is 5.96 Å². The molecule has 0 unspecified atom stereocenters. The number of carbonyl (C=O) groups is 2. The first-order valence-corrected chi connectivity index (χ1v) is 8.16. The summed E-state index contributed by atoms with van der Waals surface area (Å²) in [6, 6.07) is 6.83. The monoisotopic (exact) mass is 426 g/mol. The normalized spacial score (nSPS) is 11.7. The van der Waals surface area contributed by atoms with E-state index in [9.17, 15) is 27.9 Å². The Morgan fingerprint density at radius 2 is 1.90 bits per heavy atom. The van der Waals surface area contributed by atoms with Gasteiger partial charge in [-0.3, -0.25) is 4.79 Å². The molecule has 2 rings (SSSR count). The van der Waals surface area contributed by atoms with Gasteiger partial charge in [0.1, 0.15) is 0 Å². The number of hydrogen-bond acceptors (Lipinski definition) is 3. The highest BCUT2D eigenvalue weighted by Crippen LogP contribution is 2.36. The maximum Gasteiger partial charge on any atom is 0.416 e. The minimum absolute atomic E-state index is 0.00905. The average molecular weight is 427 g/mol. The minimum atomic E-state index is -4.77. The first-order valence-electron chi connectivity index (χ1n) is 7.79. The lowest BCUT2D eigenvalue weighted by atomic mass is 9.99. The molecule has 0 bridgehead atoms. The van der Waals surface area contributed by atoms with E-state index in [1.165, 1.54) is 18.2 Å². The van der Waals surface area contributed by atoms with E-state index in [2.05, 4.69) is 10.3 Å². The van der Waals surface area contributed by atoms with Crippen LogP contribution in [-0.2, 0) is 15.8 Å². The van der Waals surface area contributed by atoms with E-state index < -0.39 is 29.2 Å². The van der Waals surface area contributed by atoms with Gasteiger partial charge in [-0.15, -0.1) is 0 Å². The summed E-state index contributed by atoms with van der Waals surface area (Å²) in [7, 11) is 0. The fraction of sp³-hybridized carbons (Fsp3) is 0.0556. The fourth-order valence-corrected chi connectivity index (χ4v) is 2.64. The molecule has 11 heteroatoms. The van der Waals surface area contributed by atoms with Gasteiger partial charge >= 0.3 is 12.1 Å². The van der Waals surface area contributed by atoms with Gasteiger partial charge < -0.3 is 21.9 Å². The molecule has 0 radical (unpaired) electrons. The quantitative estimate of drug-likeness (QED) is 0.185. The number of benzene rings is 2. The Bertz CT molecular complexity index is 1020. The van der Waals surface area contributed by atoms with Crippen LogP contribution in [0.25, 0.3) is 11.6 Å². The van der Waals surface area contributed by atoms with Crippen LogP contribution in [0.4, 0.5) is 24.5 Å². The third-order valence-corrected chi connectivity index (χ3v) is 4.01. The number of rotatable bonds is 6. The van der Waals surface area contributed by atoms with Crippen LogP contribution >= 0.6 is 11.6 Å². The molecule has 0 atom stereocenters. The van der Waals surface area contributed by atoms with Crippen LogP contribution in [0.3, 0.4) is 0 Å². The summed E-state index contributed by atoms with van der Waals surface area (Å²) in [6.07, 6.45) is -3.31. The van der Waals surface area contributed by atoms with Gasteiger partial charge in [0.05, 0.1) is 27.5 Å². The van der Waals surface area contributed by atoms with Crippen molar-refractivity contribution in [3.05, 3.63) is 58.1 Å². The smallest absolute Gasteiger partial charge is 0.416 e. The van der Waals surface area contributed by atoms with E-state index in [-0.39, 0.29) is 27.5 Å². The van der Waals surface area contributed by atoms with Crippen molar-refractivity contribution in [2.45, 2.75) is 6.18 Å². The summed E-state index contributed by atoms with van der Waals surface area (Å²) in [5.74, 6) is -2.00. The zero-order chi connectivity index (χ0) is 21.8. The van der Waals surface area contributed by atoms with Crippen LogP contribution in [0.2, 0.25) is 5.02 Å². The number of aliphatic imine (C=N–C) groups is 1. The molecule has 0 aromatic heterocycles. The highest BCUT2D eigenvalue weighted by atomic mass is 35.5. The number of nitrogens with zero attached hydrogens (tertiary/aromatic N) is 1. The molecule has 0 aliphatic carbocycles. The van der Waals surface area contributed by atoms with Crippen LogP contribution in [-0.4, -0.2) is 23.4 Å². The van der Waals surface area contributed by atoms with Crippen molar-refractivity contribution in [3.63, 3.8) is 0 Å². The molecule has 0 heterocycles. The molecular weight excluding hydrogens is 413 g/mol. The van der Waals surface area contributed by atoms with Crippen molar-refractivity contribution in [1.29, 1.82) is 0 Å². The first kappa shape index (κ1) is 21.8. The molecule has 7 nitrogen and oxygen atoms in total. The Morgan fingerprint density at radius 3 is 2.45 bits per heavy atom. The van der Waals surface area contributed by atoms with Crippen LogP contribution in [0.15, 0.2) is 41.4 Å². The van der Waals surface area contributed by atoms with Crippen molar-refractivity contribution in [2.75, 3.05) is 5.32 Å². The van der Waals surface area contributed by atoms with Gasteiger partial charge in [-0.05, 0) is 41.5 Å². The highest BCUT2D eigenvalue weighted by molar-refractivity contribution is 6.35. The molecular formula is C18H14ClF3N4O3. The van der Waals surface area contributed by atoms with Gasteiger partial charge in [0.2, 0.25) is 6.41 Å². The van der Waals surface area contributed by atoms with Crippen molar-refractivity contribution >= 4 is 53.0 Å². The van der Waals surface area contributed by atoms with E-state index >= 15 is 0 Å². The third-order valence-electron chi connectivity index (χ3n) is 3.59. The van der Waals surface area contributed by atoms with Gasteiger partial charge in [-0.25, -0.2) is 9.79 Å². The molecule has 0 fully saturated rings. The zero-order valence-electron chi connectivity index (χ0n) is 14.5. The maximum atomic E-state index is 13.2. The molecule has 0 spiro atoms. The summed E-state index contributed by atoms with van der Waals surface area (Å²) in [5, 5.41) is 11.9. The Morgan fingerprint density at radius 1 is 1.21 bits per heavy atom. The lowest BCUT2D eigenvalue weighted by Crippen LogP contribution is -2.22. The van der Waals surface area contributed by atoms with Crippen molar-refractivity contribution in [1.82, 2.24) is 0 Å². The van der Waals surface area contributed by atoms with E-state index in [4.69, 9.17) is 23.1 Å². The number of hydrogen-bond donors (Lipinski definition) is 4. The zero-order valence-corrected chi connectivity index (χ0v) is 15.3. The fourth-order valence-electron chi connectivity index (χ4n) is 2.40. The van der Waals surface area contributed by atoms with Crippen molar-refractivity contribution in [3.8, 4) is 0 Å². The number of carbonyl (C=O) groups excluding carboxylic acids is 1. The van der Waals surface area contributed by atoms with Crippen LogP contribution in [0.1, 0.15) is 16.7 Å². The molecule has 1 amide bonds. The molecule has 2 aromatic carbocycles. The third kappa shape index (κ3) is 5.48.